The Morgan fingerprint density at radius 1 is 1.12 bits per heavy atom. The molecule has 5 rings (SSSR count). The summed E-state index contributed by atoms with van der Waals surface area (Å²) in [6.07, 6.45) is -0.911. The highest BCUT2D eigenvalue weighted by molar-refractivity contribution is 5.63. The van der Waals surface area contributed by atoms with Gasteiger partial charge in [-0.25, -0.2) is 18.7 Å². The maximum atomic E-state index is 13.5. The van der Waals surface area contributed by atoms with E-state index >= 15 is 0 Å². The first kappa shape index (κ1) is 22.5. The van der Waals surface area contributed by atoms with E-state index in [-0.39, 0.29) is 11.7 Å². The Balaban J connectivity index is 1.39. The summed E-state index contributed by atoms with van der Waals surface area (Å²) < 4.78 is 66.3. The molecule has 5 heterocycles. The topological polar surface area (TPSA) is 73.0 Å². The zero-order valence-electron chi connectivity index (χ0n) is 18.0. The van der Waals surface area contributed by atoms with Crippen molar-refractivity contribution in [2.75, 3.05) is 36.4 Å². The summed E-state index contributed by atoms with van der Waals surface area (Å²) in [6.45, 7) is 1.36. The number of H-pyrrole nitrogens is 1. The Morgan fingerprint density at radius 3 is 2.65 bits per heavy atom. The first-order valence-electron chi connectivity index (χ1n) is 10.8. The van der Waals surface area contributed by atoms with Gasteiger partial charge in [0.1, 0.15) is 11.6 Å². The molecule has 0 spiro atoms. The van der Waals surface area contributed by atoms with Crippen LogP contribution in [0.25, 0.3) is 0 Å². The fourth-order valence-corrected chi connectivity index (χ4v) is 4.31. The number of nitrogens with zero attached hydrogens (tertiary/aromatic N) is 5. The molecule has 12 heteroatoms. The van der Waals surface area contributed by atoms with E-state index < -0.39 is 30.8 Å². The smallest absolute Gasteiger partial charge is 0.344 e. The van der Waals surface area contributed by atoms with E-state index in [9.17, 15) is 22.0 Å². The third kappa shape index (κ3) is 4.96. The largest absolute Gasteiger partial charge is 0.416 e. The van der Waals surface area contributed by atoms with E-state index in [2.05, 4.69) is 30.4 Å². The third-order valence-corrected chi connectivity index (χ3v) is 6.00. The van der Waals surface area contributed by atoms with Crippen LogP contribution in [-0.2, 0) is 12.7 Å². The van der Waals surface area contributed by atoms with Crippen molar-refractivity contribution in [3.63, 3.8) is 0 Å². The first-order chi connectivity index (χ1) is 16.1. The molecule has 3 aromatic heterocycles. The summed E-state index contributed by atoms with van der Waals surface area (Å²) in [7, 11) is 0. The van der Waals surface area contributed by atoms with Crippen molar-refractivity contribution in [1.82, 2.24) is 25.1 Å². The van der Waals surface area contributed by atoms with Crippen LogP contribution in [-0.4, -0.2) is 57.2 Å². The normalized spacial score (nSPS) is 20.4. The van der Waals surface area contributed by atoms with Crippen molar-refractivity contribution < 1.29 is 22.0 Å². The van der Waals surface area contributed by atoms with Crippen LogP contribution in [0.4, 0.5) is 39.3 Å². The van der Waals surface area contributed by atoms with Gasteiger partial charge >= 0.3 is 6.18 Å². The highest BCUT2D eigenvalue weighted by Gasteiger charge is 2.44. The van der Waals surface area contributed by atoms with Crippen molar-refractivity contribution in [2.45, 2.75) is 31.0 Å². The quantitative estimate of drug-likeness (QED) is 0.511. The lowest BCUT2D eigenvalue weighted by atomic mass is 10.0. The number of anilines is 3. The summed E-state index contributed by atoms with van der Waals surface area (Å²) in [6, 6.07) is 7.04. The molecule has 0 aromatic carbocycles. The Bertz CT molecular complexity index is 1140. The number of aromatic amines is 1. The monoisotopic (exact) mass is 479 g/mol. The van der Waals surface area contributed by atoms with E-state index in [1.807, 2.05) is 6.07 Å². The van der Waals surface area contributed by atoms with Crippen LogP contribution in [0, 0.1) is 0 Å². The van der Waals surface area contributed by atoms with Gasteiger partial charge in [0.05, 0.1) is 18.7 Å². The molecule has 0 amide bonds. The van der Waals surface area contributed by atoms with Gasteiger partial charge in [0.2, 0.25) is 0 Å². The van der Waals surface area contributed by atoms with Gasteiger partial charge < -0.3 is 10.2 Å². The first-order valence-corrected chi connectivity index (χ1v) is 10.8. The van der Waals surface area contributed by atoms with Crippen LogP contribution in [0.15, 0.2) is 42.7 Å². The molecule has 180 valence electrons. The molecule has 2 aliphatic heterocycles. The maximum absolute atomic E-state index is 13.5. The van der Waals surface area contributed by atoms with Crippen LogP contribution in [0.3, 0.4) is 0 Å². The van der Waals surface area contributed by atoms with Gasteiger partial charge in [0.25, 0.3) is 5.92 Å². The number of rotatable bonds is 6. The average Bonchev–Trinajstić information content (AvgIpc) is 3.44. The van der Waals surface area contributed by atoms with Crippen LogP contribution in [0.2, 0.25) is 0 Å². The van der Waals surface area contributed by atoms with Crippen LogP contribution in [0.1, 0.15) is 29.3 Å². The predicted molar refractivity (Wildman–Crippen MR) is 115 cm³/mol. The summed E-state index contributed by atoms with van der Waals surface area (Å²) in [4.78, 5) is 12.3. The van der Waals surface area contributed by atoms with Crippen molar-refractivity contribution in [2.24, 2.45) is 0 Å². The van der Waals surface area contributed by atoms with Gasteiger partial charge in [-0.2, -0.15) is 18.3 Å². The van der Waals surface area contributed by atoms with Crippen molar-refractivity contribution in [3.05, 3.63) is 59.7 Å². The third-order valence-electron chi connectivity index (χ3n) is 6.00. The molecule has 34 heavy (non-hydrogen) atoms. The number of likely N-dealkylation sites (tertiary alicyclic amines) is 1. The van der Waals surface area contributed by atoms with Crippen molar-refractivity contribution >= 4 is 17.3 Å². The molecular formula is C22H22F5N7. The van der Waals surface area contributed by atoms with E-state index in [0.29, 0.717) is 30.3 Å². The minimum atomic E-state index is -4.50. The molecule has 0 bridgehead atoms. The summed E-state index contributed by atoms with van der Waals surface area (Å²) in [5, 5.41) is 9.79. The molecule has 2 fully saturated rings. The van der Waals surface area contributed by atoms with Crippen molar-refractivity contribution in [1.29, 1.82) is 0 Å². The second-order valence-corrected chi connectivity index (χ2v) is 8.71. The second kappa shape index (κ2) is 8.49. The number of hydrogen-bond acceptors (Lipinski definition) is 6. The predicted octanol–water partition coefficient (Wildman–Crippen LogP) is 4.41. The minimum Gasteiger partial charge on any atom is -0.344 e. The standard InChI is InChI=1S/C22H22F5N7/c23-21(24)12-34(13-21)20-9-17(30-19-7-15(1-4-28-19)22(25,26)27)8-18(31-20)14-3-6-33(10-14)11-16-2-5-29-32-16/h1-2,4-5,7-9,14H,3,6,10-13H2,(H,29,32)(H,28,30,31). The Morgan fingerprint density at radius 2 is 1.94 bits per heavy atom. The zero-order chi connectivity index (χ0) is 23.9. The molecule has 0 saturated carbocycles. The summed E-state index contributed by atoms with van der Waals surface area (Å²) >= 11 is 0. The molecule has 7 nitrogen and oxygen atoms in total. The average molecular weight is 479 g/mol. The van der Waals surface area contributed by atoms with Crippen LogP contribution >= 0.6 is 0 Å². The lowest BCUT2D eigenvalue weighted by Gasteiger charge is -2.40. The van der Waals surface area contributed by atoms with Gasteiger partial charge in [0, 0.05) is 54.5 Å². The Labute approximate surface area is 192 Å². The van der Waals surface area contributed by atoms with E-state index in [4.69, 9.17) is 0 Å². The van der Waals surface area contributed by atoms with Crippen LogP contribution < -0.4 is 10.2 Å². The minimum absolute atomic E-state index is 0.0131. The Kier molecular flexibility index (Phi) is 5.62. The van der Waals surface area contributed by atoms with E-state index in [1.165, 1.54) is 4.90 Å². The van der Waals surface area contributed by atoms with Gasteiger partial charge in [0.15, 0.2) is 0 Å². The molecule has 2 saturated heterocycles. The zero-order valence-corrected chi connectivity index (χ0v) is 18.0. The van der Waals surface area contributed by atoms with Gasteiger partial charge in [-0.15, -0.1) is 0 Å². The van der Waals surface area contributed by atoms with Gasteiger partial charge in [-0.05, 0) is 37.2 Å². The molecule has 1 unspecified atom stereocenters. The van der Waals surface area contributed by atoms with Gasteiger partial charge in [-0.3, -0.25) is 10.00 Å². The van der Waals surface area contributed by atoms with Gasteiger partial charge in [-0.1, -0.05) is 0 Å². The fraction of sp³-hybridized carbons (Fsp3) is 0.409. The number of pyridine rings is 2. The number of halogens is 5. The van der Waals surface area contributed by atoms with E-state index in [1.54, 1.807) is 18.3 Å². The number of hydrogen-bond donors (Lipinski definition) is 2. The molecular weight excluding hydrogens is 457 g/mol. The van der Waals surface area contributed by atoms with E-state index in [0.717, 1.165) is 37.0 Å². The molecule has 1 atom stereocenters. The lowest BCUT2D eigenvalue weighted by molar-refractivity contribution is -0.137. The van der Waals surface area contributed by atoms with Crippen molar-refractivity contribution in [3.8, 4) is 0 Å². The molecule has 0 radical (unpaired) electrons. The highest BCUT2D eigenvalue weighted by atomic mass is 19.4. The maximum Gasteiger partial charge on any atom is 0.416 e. The number of alkyl halides is 5. The molecule has 3 aromatic rings. The molecule has 0 aliphatic carbocycles. The summed E-state index contributed by atoms with van der Waals surface area (Å²) in [5.74, 6) is -2.34. The Hall–Kier alpha value is -3.28. The SMILES string of the molecule is FC1(F)CN(c2cc(Nc3cc(C(F)(F)F)ccn3)cc(C3CCN(Cc4ccn[nH]4)C3)n2)C1. The second-order valence-electron chi connectivity index (χ2n) is 8.71. The number of nitrogens with one attached hydrogen (secondary N) is 2. The van der Waals surface area contributed by atoms with Crippen LogP contribution in [0.5, 0.6) is 0 Å². The molecule has 2 aliphatic rings. The molecule has 2 N–H and O–H groups in total. The summed E-state index contributed by atoms with van der Waals surface area (Å²) in [5.41, 5.74) is 1.32. The fourth-order valence-electron chi connectivity index (χ4n) is 4.31. The lowest BCUT2D eigenvalue weighted by Crippen LogP contribution is -2.56. The number of aromatic nitrogens is 4. The highest BCUT2D eigenvalue weighted by Crippen LogP contribution is 2.36.